The molecule has 0 saturated carbocycles. The van der Waals surface area contributed by atoms with Crippen LogP contribution >= 0.6 is 11.3 Å². The van der Waals surface area contributed by atoms with E-state index in [2.05, 4.69) is 29.5 Å². The topological polar surface area (TPSA) is 91.3 Å². The number of carbonyl (C=O) groups is 2. The summed E-state index contributed by atoms with van der Waals surface area (Å²) in [5.74, 6) is -0.493. The molecule has 1 heterocycles. The Bertz CT molecular complexity index is 744. The molecule has 1 aromatic carbocycles. The van der Waals surface area contributed by atoms with Crippen molar-refractivity contribution in [2.45, 2.75) is 58.1 Å². The van der Waals surface area contributed by atoms with Crippen LogP contribution < -0.4 is 10.6 Å². The van der Waals surface area contributed by atoms with E-state index in [0.29, 0.717) is 23.0 Å². The van der Waals surface area contributed by atoms with Gasteiger partial charge in [0.05, 0.1) is 0 Å². The second-order valence-corrected chi connectivity index (χ2v) is 7.42. The van der Waals surface area contributed by atoms with Crippen LogP contribution in [0.25, 0.3) is 0 Å². The van der Waals surface area contributed by atoms with Crippen molar-refractivity contribution < 1.29 is 14.7 Å². The third kappa shape index (κ3) is 5.61. The van der Waals surface area contributed by atoms with E-state index in [4.69, 9.17) is 0 Å². The molecule has 7 heteroatoms. The van der Waals surface area contributed by atoms with Gasteiger partial charge in [-0.1, -0.05) is 51.1 Å². The van der Waals surface area contributed by atoms with Crippen LogP contribution in [0, 0.1) is 0 Å². The van der Waals surface area contributed by atoms with Gasteiger partial charge in [0.1, 0.15) is 6.04 Å². The summed E-state index contributed by atoms with van der Waals surface area (Å²) in [5, 5.41) is 16.1. The van der Waals surface area contributed by atoms with E-state index in [1.807, 2.05) is 0 Å². The molecule has 0 aliphatic carbocycles. The number of aliphatic hydroxyl groups excluding tert-OH is 1. The van der Waals surface area contributed by atoms with Crippen LogP contribution in [0.4, 0.5) is 5.13 Å². The van der Waals surface area contributed by atoms with E-state index >= 15 is 0 Å². The second kappa shape index (κ2) is 10.2. The van der Waals surface area contributed by atoms with E-state index in [1.54, 1.807) is 43.5 Å². The molecule has 0 aliphatic heterocycles. The molecule has 0 bridgehead atoms. The number of aliphatic hydroxyl groups is 1. The van der Waals surface area contributed by atoms with Crippen molar-refractivity contribution >= 4 is 28.3 Å². The quantitative estimate of drug-likeness (QED) is 0.611. The molecule has 3 N–H and O–H groups in total. The highest BCUT2D eigenvalue weighted by atomic mass is 32.1. The van der Waals surface area contributed by atoms with Gasteiger partial charge in [-0.25, -0.2) is 4.98 Å². The van der Waals surface area contributed by atoms with Crippen LogP contribution in [0.1, 0.15) is 62.5 Å². The van der Waals surface area contributed by atoms with Gasteiger partial charge in [-0.2, -0.15) is 0 Å². The summed E-state index contributed by atoms with van der Waals surface area (Å²) in [5.41, 5.74) is 0.486. The van der Waals surface area contributed by atoms with Gasteiger partial charge in [-0.15, -0.1) is 11.3 Å². The first-order valence-corrected chi connectivity index (χ1v) is 10.1. The normalized spacial score (nSPS) is 13.2. The van der Waals surface area contributed by atoms with Crippen molar-refractivity contribution in [3.63, 3.8) is 0 Å². The average Bonchev–Trinajstić information content (AvgIpc) is 3.15. The Balaban J connectivity index is 1.98. The average molecular weight is 390 g/mol. The smallest absolute Gasteiger partial charge is 0.254 e. The zero-order valence-corrected chi connectivity index (χ0v) is 16.8. The van der Waals surface area contributed by atoms with Crippen LogP contribution in [0.15, 0.2) is 36.5 Å². The molecule has 1 aromatic heterocycles. The zero-order valence-electron chi connectivity index (χ0n) is 15.9. The molecular formula is C20H27N3O3S. The molecule has 0 aliphatic rings. The summed E-state index contributed by atoms with van der Waals surface area (Å²) in [7, 11) is 0. The third-order valence-electron chi connectivity index (χ3n) is 4.55. The lowest BCUT2D eigenvalue weighted by molar-refractivity contribution is -0.133. The summed E-state index contributed by atoms with van der Waals surface area (Å²) in [6.07, 6.45) is 2.95. The first-order valence-electron chi connectivity index (χ1n) is 9.30. The van der Waals surface area contributed by atoms with E-state index in [9.17, 15) is 14.7 Å². The molecule has 0 radical (unpaired) electrons. The summed E-state index contributed by atoms with van der Waals surface area (Å²) < 4.78 is 0. The molecule has 0 unspecified atom stereocenters. The summed E-state index contributed by atoms with van der Waals surface area (Å²) in [6.45, 7) is 6.07. The number of thiazole rings is 1. The van der Waals surface area contributed by atoms with Crippen LogP contribution in [-0.4, -0.2) is 27.9 Å². The predicted molar refractivity (Wildman–Crippen MR) is 108 cm³/mol. The van der Waals surface area contributed by atoms with Crippen molar-refractivity contribution in [2.24, 2.45) is 0 Å². The molecule has 2 rings (SSSR count). The van der Waals surface area contributed by atoms with Crippen molar-refractivity contribution in [3.05, 3.63) is 47.0 Å². The lowest BCUT2D eigenvalue weighted by atomic mass is 10.0. The Labute approximate surface area is 164 Å². The van der Waals surface area contributed by atoms with Gasteiger partial charge in [0.15, 0.2) is 11.2 Å². The maximum Gasteiger partial charge on any atom is 0.254 e. The first-order chi connectivity index (χ1) is 13.0. The zero-order chi connectivity index (χ0) is 19.8. The van der Waals surface area contributed by atoms with Crippen molar-refractivity contribution in [1.82, 2.24) is 10.3 Å². The van der Waals surface area contributed by atoms with Crippen molar-refractivity contribution in [3.8, 4) is 0 Å². The standard InChI is InChI=1S/C20H27N3O3S/c1-4-13(5-2)16-12-21-20(27-16)23-18(25)15(6-3)22-19(26)17(24)14-10-8-7-9-11-14/h7-13,15,17,24H,4-6H2,1-3H3,(H,22,26)(H,21,23,25)/t15-,17-/m0/s1. The highest BCUT2D eigenvalue weighted by Crippen LogP contribution is 2.30. The van der Waals surface area contributed by atoms with Gasteiger partial charge in [-0.05, 0) is 30.7 Å². The Morgan fingerprint density at radius 2 is 1.74 bits per heavy atom. The monoisotopic (exact) mass is 389 g/mol. The number of hydrogen-bond donors (Lipinski definition) is 3. The van der Waals surface area contributed by atoms with Gasteiger partial charge in [0, 0.05) is 11.1 Å². The highest BCUT2D eigenvalue weighted by molar-refractivity contribution is 7.15. The summed E-state index contributed by atoms with van der Waals surface area (Å²) in [4.78, 5) is 30.2. The Morgan fingerprint density at radius 1 is 1.07 bits per heavy atom. The molecule has 2 amide bonds. The number of rotatable bonds is 9. The van der Waals surface area contributed by atoms with Crippen LogP contribution in [-0.2, 0) is 9.59 Å². The molecule has 0 spiro atoms. The molecule has 2 aromatic rings. The maximum absolute atomic E-state index is 12.5. The van der Waals surface area contributed by atoms with E-state index < -0.39 is 18.1 Å². The predicted octanol–water partition coefficient (Wildman–Crippen LogP) is 3.61. The number of amides is 2. The minimum Gasteiger partial charge on any atom is -0.378 e. The molecule has 0 saturated heterocycles. The number of benzene rings is 1. The first kappa shape index (κ1) is 21.1. The number of nitrogens with zero attached hydrogens (tertiary/aromatic N) is 1. The van der Waals surface area contributed by atoms with E-state index in [-0.39, 0.29) is 5.91 Å². The molecule has 2 atom stereocenters. The van der Waals surface area contributed by atoms with E-state index in [1.165, 1.54) is 11.3 Å². The Morgan fingerprint density at radius 3 is 2.33 bits per heavy atom. The lowest BCUT2D eigenvalue weighted by Crippen LogP contribution is -2.45. The molecule has 146 valence electrons. The highest BCUT2D eigenvalue weighted by Gasteiger charge is 2.25. The van der Waals surface area contributed by atoms with Crippen LogP contribution in [0.5, 0.6) is 0 Å². The van der Waals surface area contributed by atoms with Gasteiger partial charge in [-0.3, -0.25) is 9.59 Å². The summed E-state index contributed by atoms with van der Waals surface area (Å²) >= 11 is 1.46. The van der Waals surface area contributed by atoms with Gasteiger partial charge in [0.25, 0.3) is 5.91 Å². The van der Waals surface area contributed by atoms with E-state index in [0.717, 1.165) is 17.7 Å². The SMILES string of the molecule is CCC(CC)c1cnc(NC(=O)[C@H](CC)NC(=O)[C@@H](O)c2ccccc2)s1. The number of nitrogens with one attached hydrogen (secondary N) is 2. The van der Waals surface area contributed by atoms with Crippen LogP contribution in [0.2, 0.25) is 0 Å². The largest absolute Gasteiger partial charge is 0.378 e. The second-order valence-electron chi connectivity index (χ2n) is 6.35. The Kier molecular flexibility index (Phi) is 7.94. The fourth-order valence-electron chi connectivity index (χ4n) is 2.81. The fourth-order valence-corrected chi connectivity index (χ4v) is 3.89. The number of hydrogen-bond acceptors (Lipinski definition) is 5. The van der Waals surface area contributed by atoms with Gasteiger partial charge < -0.3 is 15.7 Å². The number of anilines is 1. The fraction of sp³-hybridized carbons (Fsp3) is 0.450. The van der Waals surface area contributed by atoms with Crippen LogP contribution in [0.3, 0.4) is 0 Å². The van der Waals surface area contributed by atoms with Gasteiger partial charge >= 0.3 is 0 Å². The molecular weight excluding hydrogens is 362 g/mol. The van der Waals surface area contributed by atoms with Crippen molar-refractivity contribution in [1.29, 1.82) is 0 Å². The molecule has 27 heavy (non-hydrogen) atoms. The Hall–Kier alpha value is -2.25. The molecule has 6 nitrogen and oxygen atoms in total. The third-order valence-corrected chi connectivity index (χ3v) is 5.62. The minimum absolute atomic E-state index is 0.337. The van der Waals surface area contributed by atoms with Gasteiger partial charge in [0.2, 0.25) is 5.91 Å². The summed E-state index contributed by atoms with van der Waals surface area (Å²) in [6, 6.07) is 7.89. The number of carbonyl (C=O) groups excluding carboxylic acids is 2. The molecule has 0 fully saturated rings. The lowest BCUT2D eigenvalue weighted by Gasteiger charge is -2.18. The minimum atomic E-state index is -1.31. The number of aromatic nitrogens is 1. The maximum atomic E-state index is 12.5. The van der Waals surface area contributed by atoms with Crippen molar-refractivity contribution in [2.75, 3.05) is 5.32 Å².